The summed E-state index contributed by atoms with van der Waals surface area (Å²) in [7, 11) is 1.96. The predicted octanol–water partition coefficient (Wildman–Crippen LogP) is 3.09. The minimum atomic E-state index is -0.827. The van der Waals surface area contributed by atoms with Crippen LogP contribution in [-0.4, -0.2) is 24.0 Å². The average molecular weight is 256 g/mol. The molecule has 18 heavy (non-hydrogen) atoms. The Labute approximate surface area is 108 Å². The molecule has 0 aliphatic carbocycles. The molecule has 0 saturated heterocycles. The monoisotopic (exact) mass is 256 g/mol. The fourth-order valence-electron chi connectivity index (χ4n) is 1.91. The van der Waals surface area contributed by atoms with Gasteiger partial charge in [-0.3, -0.25) is 4.90 Å². The van der Waals surface area contributed by atoms with E-state index in [9.17, 15) is 8.78 Å². The summed E-state index contributed by atoms with van der Waals surface area (Å²) in [6.45, 7) is 6.67. The van der Waals surface area contributed by atoms with Crippen LogP contribution in [0.2, 0.25) is 0 Å². The minimum Gasteiger partial charge on any atom is -0.329 e. The van der Waals surface area contributed by atoms with Crippen molar-refractivity contribution < 1.29 is 8.78 Å². The van der Waals surface area contributed by atoms with Gasteiger partial charge < -0.3 is 5.73 Å². The molecule has 0 amide bonds. The van der Waals surface area contributed by atoms with Gasteiger partial charge in [0.1, 0.15) is 0 Å². The van der Waals surface area contributed by atoms with Gasteiger partial charge in [0.05, 0.1) is 0 Å². The Morgan fingerprint density at radius 1 is 1.28 bits per heavy atom. The third kappa shape index (κ3) is 3.06. The molecule has 1 rings (SSSR count). The van der Waals surface area contributed by atoms with Crippen molar-refractivity contribution in [3.8, 4) is 0 Å². The van der Waals surface area contributed by atoms with Crippen LogP contribution in [0.5, 0.6) is 0 Å². The first-order valence-electron chi connectivity index (χ1n) is 6.21. The van der Waals surface area contributed by atoms with Gasteiger partial charge >= 0.3 is 0 Å². The molecule has 1 aromatic rings. The summed E-state index contributed by atoms with van der Waals surface area (Å²) in [5, 5.41) is 0. The van der Waals surface area contributed by atoms with E-state index in [1.165, 1.54) is 6.07 Å². The van der Waals surface area contributed by atoms with Crippen LogP contribution in [0.25, 0.3) is 0 Å². The topological polar surface area (TPSA) is 29.3 Å². The lowest BCUT2D eigenvalue weighted by molar-refractivity contribution is 0.100. The normalized spacial score (nSPS) is 14.0. The van der Waals surface area contributed by atoms with E-state index in [2.05, 4.69) is 25.7 Å². The molecule has 102 valence electrons. The Morgan fingerprint density at radius 2 is 1.89 bits per heavy atom. The number of halogens is 2. The van der Waals surface area contributed by atoms with Crippen molar-refractivity contribution in [2.24, 2.45) is 5.73 Å². The molecule has 0 radical (unpaired) electrons. The first-order valence-corrected chi connectivity index (χ1v) is 6.21. The maximum absolute atomic E-state index is 13.3. The summed E-state index contributed by atoms with van der Waals surface area (Å²) in [5.41, 5.74) is 6.45. The van der Waals surface area contributed by atoms with Crippen molar-refractivity contribution >= 4 is 0 Å². The van der Waals surface area contributed by atoms with Gasteiger partial charge in [-0.2, -0.15) is 0 Å². The lowest BCUT2D eigenvalue weighted by atomic mass is 9.95. The molecule has 1 unspecified atom stereocenters. The fraction of sp³-hybridized carbons (Fsp3) is 0.571. The maximum Gasteiger partial charge on any atom is 0.159 e. The van der Waals surface area contributed by atoms with Crippen molar-refractivity contribution in [1.82, 2.24) is 4.90 Å². The van der Waals surface area contributed by atoms with E-state index in [0.29, 0.717) is 12.1 Å². The summed E-state index contributed by atoms with van der Waals surface area (Å²) >= 11 is 0. The van der Waals surface area contributed by atoms with Crippen molar-refractivity contribution in [2.45, 2.75) is 38.8 Å². The molecule has 1 atom stereocenters. The van der Waals surface area contributed by atoms with Crippen LogP contribution < -0.4 is 5.73 Å². The van der Waals surface area contributed by atoms with Gasteiger partial charge in [0, 0.05) is 18.1 Å². The fourth-order valence-corrected chi connectivity index (χ4v) is 1.91. The lowest BCUT2D eigenvalue weighted by Gasteiger charge is -2.40. The van der Waals surface area contributed by atoms with E-state index in [-0.39, 0.29) is 11.6 Å². The average Bonchev–Trinajstić information content (AvgIpc) is 2.34. The minimum absolute atomic E-state index is 0.0467. The summed E-state index contributed by atoms with van der Waals surface area (Å²) in [6, 6.07) is 3.86. The van der Waals surface area contributed by atoms with Crippen molar-refractivity contribution in [3.63, 3.8) is 0 Å². The van der Waals surface area contributed by atoms with E-state index >= 15 is 0 Å². The third-order valence-corrected chi connectivity index (χ3v) is 3.84. The Kier molecular flexibility index (Phi) is 4.82. The molecule has 0 spiro atoms. The molecule has 0 aromatic heterocycles. The number of nitrogens with two attached hydrogens (primary N) is 1. The van der Waals surface area contributed by atoms with Gasteiger partial charge in [-0.15, -0.1) is 0 Å². The van der Waals surface area contributed by atoms with Crippen LogP contribution in [-0.2, 0) is 0 Å². The second kappa shape index (κ2) is 5.76. The van der Waals surface area contributed by atoms with Crippen LogP contribution in [0.15, 0.2) is 18.2 Å². The Balaban J connectivity index is 3.06. The summed E-state index contributed by atoms with van der Waals surface area (Å²) < 4.78 is 26.2. The van der Waals surface area contributed by atoms with Crippen molar-refractivity contribution in [2.75, 3.05) is 13.6 Å². The Morgan fingerprint density at radius 3 is 2.33 bits per heavy atom. The zero-order valence-corrected chi connectivity index (χ0v) is 11.5. The highest BCUT2D eigenvalue weighted by molar-refractivity contribution is 5.22. The molecule has 1 aromatic carbocycles. The zero-order valence-electron chi connectivity index (χ0n) is 11.5. The van der Waals surface area contributed by atoms with Gasteiger partial charge in [0.25, 0.3) is 0 Å². The number of rotatable bonds is 5. The Hall–Kier alpha value is -1.00. The molecule has 0 fully saturated rings. The molecule has 2 N–H and O–H groups in total. The zero-order chi connectivity index (χ0) is 13.9. The lowest BCUT2D eigenvalue weighted by Crippen LogP contribution is -2.45. The predicted molar refractivity (Wildman–Crippen MR) is 70.3 cm³/mol. The first-order chi connectivity index (χ1) is 8.33. The van der Waals surface area contributed by atoms with Crippen LogP contribution in [0, 0.1) is 11.6 Å². The molecule has 4 heteroatoms. The number of hydrogen-bond donors (Lipinski definition) is 1. The van der Waals surface area contributed by atoms with E-state index < -0.39 is 11.6 Å². The van der Waals surface area contributed by atoms with Gasteiger partial charge in [0.15, 0.2) is 11.6 Å². The van der Waals surface area contributed by atoms with Gasteiger partial charge in [-0.05, 0) is 45.0 Å². The van der Waals surface area contributed by atoms with Gasteiger partial charge in [0.2, 0.25) is 0 Å². The standard InChI is InChI=1S/C14H22F2N2/c1-5-14(2,3)18(4)13(9-17)10-6-7-11(15)12(16)8-10/h6-8,13H,5,9,17H2,1-4H3. The first kappa shape index (κ1) is 15.1. The number of nitrogens with zero attached hydrogens (tertiary/aromatic N) is 1. The molecule has 2 nitrogen and oxygen atoms in total. The van der Waals surface area contributed by atoms with E-state index in [1.54, 1.807) is 6.07 Å². The molecule has 0 bridgehead atoms. The highest BCUT2D eigenvalue weighted by Gasteiger charge is 2.28. The number of hydrogen-bond acceptors (Lipinski definition) is 2. The van der Waals surface area contributed by atoms with Crippen molar-refractivity contribution in [3.05, 3.63) is 35.4 Å². The van der Waals surface area contributed by atoms with E-state index in [0.717, 1.165) is 12.5 Å². The van der Waals surface area contributed by atoms with Crippen LogP contribution in [0.3, 0.4) is 0 Å². The maximum atomic E-state index is 13.3. The van der Waals surface area contributed by atoms with Gasteiger partial charge in [-0.25, -0.2) is 8.78 Å². The van der Waals surface area contributed by atoms with Crippen LogP contribution in [0.1, 0.15) is 38.8 Å². The van der Waals surface area contributed by atoms with E-state index in [4.69, 9.17) is 5.73 Å². The highest BCUT2D eigenvalue weighted by atomic mass is 19.2. The second-order valence-corrected chi connectivity index (χ2v) is 5.20. The molecular formula is C14H22F2N2. The van der Waals surface area contributed by atoms with Gasteiger partial charge in [-0.1, -0.05) is 13.0 Å². The van der Waals surface area contributed by atoms with Crippen molar-refractivity contribution in [1.29, 1.82) is 0 Å². The molecule has 0 aliphatic rings. The van der Waals surface area contributed by atoms with Crippen LogP contribution >= 0.6 is 0 Å². The second-order valence-electron chi connectivity index (χ2n) is 5.20. The SMILES string of the molecule is CCC(C)(C)N(C)C(CN)c1ccc(F)c(F)c1. The quantitative estimate of drug-likeness (QED) is 0.877. The molecular weight excluding hydrogens is 234 g/mol. The molecule has 0 saturated carbocycles. The van der Waals surface area contributed by atoms with Crippen LogP contribution in [0.4, 0.5) is 8.78 Å². The number of likely N-dealkylation sites (N-methyl/N-ethyl adjacent to an activating group) is 1. The molecule has 0 heterocycles. The van der Waals surface area contributed by atoms with E-state index in [1.807, 2.05) is 7.05 Å². The smallest absolute Gasteiger partial charge is 0.159 e. The summed E-state index contributed by atoms with van der Waals surface area (Å²) in [6.07, 6.45) is 0.948. The highest BCUT2D eigenvalue weighted by Crippen LogP contribution is 2.28. The Bertz CT molecular complexity index is 405. The summed E-state index contributed by atoms with van der Waals surface area (Å²) in [4.78, 5) is 2.11. The third-order valence-electron chi connectivity index (χ3n) is 3.84. The largest absolute Gasteiger partial charge is 0.329 e. The summed E-state index contributed by atoms with van der Waals surface area (Å²) in [5.74, 6) is -1.65. The number of benzene rings is 1. The molecule has 0 aliphatic heterocycles.